The first-order valence-electron chi connectivity index (χ1n) is 6.41. The summed E-state index contributed by atoms with van der Waals surface area (Å²) in [6.07, 6.45) is 1.23. The number of hydrogen-bond donors (Lipinski definition) is 1. The van der Waals surface area contributed by atoms with Crippen LogP contribution in [0, 0.1) is 0 Å². The quantitative estimate of drug-likeness (QED) is 0.698. The molecule has 16 heavy (non-hydrogen) atoms. The molecule has 2 atom stereocenters. The SMILES string of the molecule is CC1CN(C2(CN)CCN(C)C2)CCN1C. The number of piperazine rings is 1. The molecular formula is C12H26N4. The van der Waals surface area contributed by atoms with Crippen LogP contribution in [-0.4, -0.2) is 79.6 Å². The van der Waals surface area contributed by atoms with E-state index >= 15 is 0 Å². The Kier molecular flexibility index (Phi) is 3.54. The molecule has 2 aliphatic heterocycles. The first kappa shape index (κ1) is 12.3. The molecule has 2 unspecified atom stereocenters. The van der Waals surface area contributed by atoms with Gasteiger partial charge in [-0.15, -0.1) is 0 Å². The highest BCUT2D eigenvalue weighted by atomic mass is 15.3. The topological polar surface area (TPSA) is 35.7 Å². The summed E-state index contributed by atoms with van der Waals surface area (Å²) in [5.41, 5.74) is 6.31. The normalized spacial score (nSPS) is 39.4. The first-order chi connectivity index (χ1) is 7.57. The third-order valence-electron chi connectivity index (χ3n) is 4.53. The van der Waals surface area contributed by atoms with E-state index in [1.807, 2.05) is 0 Å². The summed E-state index contributed by atoms with van der Waals surface area (Å²) in [5, 5.41) is 0. The van der Waals surface area contributed by atoms with Gasteiger partial charge in [0.2, 0.25) is 0 Å². The van der Waals surface area contributed by atoms with E-state index < -0.39 is 0 Å². The molecule has 0 saturated carbocycles. The molecule has 0 amide bonds. The minimum absolute atomic E-state index is 0.254. The molecule has 2 rings (SSSR count). The van der Waals surface area contributed by atoms with Crippen molar-refractivity contribution in [3.63, 3.8) is 0 Å². The van der Waals surface area contributed by atoms with Gasteiger partial charge in [0.1, 0.15) is 0 Å². The fraction of sp³-hybridized carbons (Fsp3) is 1.00. The molecule has 4 heteroatoms. The molecule has 0 aromatic rings. The number of likely N-dealkylation sites (tertiary alicyclic amines) is 1. The van der Waals surface area contributed by atoms with Crippen LogP contribution in [-0.2, 0) is 0 Å². The third kappa shape index (κ3) is 2.12. The van der Waals surface area contributed by atoms with Crippen LogP contribution in [0.3, 0.4) is 0 Å². The van der Waals surface area contributed by atoms with Crippen molar-refractivity contribution < 1.29 is 0 Å². The fourth-order valence-corrected chi connectivity index (χ4v) is 3.09. The Morgan fingerprint density at radius 3 is 2.50 bits per heavy atom. The maximum absolute atomic E-state index is 6.06. The zero-order valence-corrected chi connectivity index (χ0v) is 10.9. The lowest BCUT2D eigenvalue weighted by atomic mass is 9.94. The lowest BCUT2D eigenvalue weighted by Crippen LogP contribution is -2.62. The molecule has 2 aliphatic rings. The Hall–Kier alpha value is -0.160. The van der Waals surface area contributed by atoms with Crippen molar-refractivity contribution in [1.29, 1.82) is 0 Å². The highest BCUT2D eigenvalue weighted by Gasteiger charge is 2.42. The van der Waals surface area contributed by atoms with Crippen LogP contribution in [0.1, 0.15) is 13.3 Å². The van der Waals surface area contributed by atoms with Crippen molar-refractivity contribution in [2.24, 2.45) is 5.73 Å². The van der Waals surface area contributed by atoms with Crippen molar-refractivity contribution in [2.75, 3.05) is 53.4 Å². The van der Waals surface area contributed by atoms with Crippen molar-refractivity contribution in [2.45, 2.75) is 24.9 Å². The maximum atomic E-state index is 6.06. The molecule has 0 bridgehead atoms. The van der Waals surface area contributed by atoms with E-state index in [-0.39, 0.29) is 5.54 Å². The Morgan fingerprint density at radius 2 is 2.00 bits per heavy atom. The minimum atomic E-state index is 0.254. The lowest BCUT2D eigenvalue weighted by molar-refractivity contribution is 0.0237. The Balaban J connectivity index is 2.05. The summed E-state index contributed by atoms with van der Waals surface area (Å²) >= 11 is 0. The van der Waals surface area contributed by atoms with E-state index in [0.717, 1.165) is 13.1 Å². The van der Waals surface area contributed by atoms with Crippen LogP contribution >= 0.6 is 0 Å². The van der Waals surface area contributed by atoms with E-state index in [1.54, 1.807) is 0 Å². The van der Waals surface area contributed by atoms with Crippen molar-refractivity contribution in [3.8, 4) is 0 Å². The smallest absolute Gasteiger partial charge is 0.0471 e. The highest BCUT2D eigenvalue weighted by molar-refractivity contribution is 5.01. The molecule has 2 N–H and O–H groups in total. The van der Waals surface area contributed by atoms with Gasteiger partial charge >= 0.3 is 0 Å². The molecule has 4 nitrogen and oxygen atoms in total. The standard InChI is InChI=1S/C12H26N4/c1-11-8-16(7-6-15(11)3)12(9-13)4-5-14(2)10-12/h11H,4-10,13H2,1-3H3. The summed E-state index contributed by atoms with van der Waals surface area (Å²) in [5.74, 6) is 0. The number of hydrogen-bond acceptors (Lipinski definition) is 4. The van der Waals surface area contributed by atoms with Crippen molar-refractivity contribution in [1.82, 2.24) is 14.7 Å². The van der Waals surface area contributed by atoms with Crippen LogP contribution in [0.4, 0.5) is 0 Å². The largest absolute Gasteiger partial charge is 0.329 e. The second-order valence-electron chi connectivity index (χ2n) is 5.69. The highest BCUT2D eigenvalue weighted by Crippen LogP contribution is 2.28. The van der Waals surface area contributed by atoms with E-state index in [0.29, 0.717) is 6.04 Å². The van der Waals surface area contributed by atoms with E-state index in [1.165, 1.54) is 32.6 Å². The van der Waals surface area contributed by atoms with Gasteiger partial charge in [-0.05, 0) is 34.0 Å². The van der Waals surface area contributed by atoms with Gasteiger partial charge in [-0.2, -0.15) is 0 Å². The van der Waals surface area contributed by atoms with E-state index in [2.05, 4.69) is 35.7 Å². The van der Waals surface area contributed by atoms with Gasteiger partial charge in [0.05, 0.1) is 0 Å². The maximum Gasteiger partial charge on any atom is 0.0471 e. The van der Waals surface area contributed by atoms with Crippen LogP contribution in [0.5, 0.6) is 0 Å². The monoisotopic (exact) mass is 226 g/mol. The lowest BCUT2D eigenvalue weighted by Gasteiger charge is -2.47. The third-order valence-corrected chi connectivity index (χ3v) is 4.53. The fourth-order valence-electron chi connectivity index (χ4n) is 3.09. The molecule has 0 spiro atoms. The summed E-state index contributed by atoms with van der Waals surface area (Å²) < 4.78 is 0. The second-order valence-corrected chi connectivity index (χ2v) is 5.69. The van der Waals surface area contributed by atoms with E-state index in [4.69, 9.17) is 5.73 Å². The number of likely N-dealkylation sites (N-methyl/N-ethyl adjacent to an activating group) is 2. The Bertz CT molecular complexity index is 245. The van der Waals surface area contributed by atoms with Crippen LogP contribution < -0.4 is 5.73 Å². The Morgan fingerprint density at radius 1 is 1.25 bits per heavy atom. The summed E-state index contributed by atoms with van der Waals surface area (Å²) in [6, 6.07) is 0.656. The average molecular weight is 226 g/mol. The summed E-state index contributed by atoms with van der Waals surface area (Å²) in [7, 11) is 4.43. The summed E-state index contributed by atoms with van der Waals surface area (Å²) in [4.78, 5) is 7.50. The molecule has 0 aliphatic carbocycles. The number of nitrogens with two attached hydrogens (primary N) is 1. The number of rotatable bonds is 2. The van der Waals surface area contributed by atoms with Gasteiger partial charge < -0.3 is 15.5 Å². The van der Waals surface area contributed by atoms with Crippen molar-refractivity contribution in [3.05, 3.63) is 0 Å². The van der Waals surface area contributed by atoms with Gasteiger partial charge in [-0.1, -0.05) is 0 Å². The van der Waals surface area contributed by atoms with Crippen molar-refractivity contribution >= 4 is 0 Å². The second kappa shape index (κ2) is 4.61. The van der Waals surface area contributed by atoms with Gasteiger partial charge in [0.25, 0.3) is 0 Å². The predicted molar refractivity (Wildman–Crippen MR) is 67.6 cm³/mol. The first-order valence-corrected chi connectivity index (χ1v) is 6.41. The molecule has 94 valence electrons. The molecule has 0 aromatic heterocycles. The molecule has 0 aromatic carbocycles. The van der Waals surface area contributed by atoms with Crippen LogP contribution in [0.15, 0.2) is 0 Å². The van der Waals surface area contributed by atoms with Gasteiger partial charge in [0.15, 0.2) is 0 Å². The zero-order chi connectivity index (χ0) is 11.8. The molecule has 2 saturated heterocycles. The molecular weight excluding hydrogens is 200 g/mol. The van der Waals surface area contributed by atoms with E-state index in [9.17, 15) is 0 Å². The molecule has 2 fully saturated rings. The molecule has 0 radical (unpaired) electrons. The predicted octanol–water partition coefficient (Wildman–Crippen LogP) is -0.345. The van der Waals surface area contributed by atoms with Crippen LogP contribution in [0.2, 0.25) is 0 Å². The van der Waals surface area contributed by atoms with Gasteiger partial charge in [0, 0.05) is 44.3 Å². The number of nitrogens with zero attached hydrogens (tertiary/aromatic N) is 3. The average Bonchev–Trinajstić information content (AvgIpc) is 2.65. The summed E-state index contributed by atoms with van der Waals surface area (Å²) in [6.45, 7) is 8.96. The van der Waals surface area contributed by atoms with Gasteiger partial charge in [-0.25, -0.2) is 0 Å². The van der Waals surface area contributed by atoms with Gasteiger partial charge in [-0.3, -0.25) is 4.90 Å². The molecule has 2 heterocycles. The Labute approximate surface area is 99.4 Å². The van der Waals surface area contributed by atoms with Crippen LogP contribution in [0.25, 0.3) is 0 Å². The minimum Gasteiger partial charge on any atom is -0.329 e. The zero-order valence-electron chi connectivity index (χ0n) is 10.9.